The molecular formula is C14H11N3O2. The lowest BCUT2D eigenvalue weighted by molar-refractivity contribution is 0.185. The van der Waals surface area contributed by atoms with Crippen molar-refractivity contribution in [2.24, 2.45) is 0 Å². The first-order valence-corrected chi connectivity index (χ1v) is 5.58. The lowest BCUT2D eigenvalue weighted by Gasteiger charge is -2.14. The monoisotopic (exact) mass is 253 g/mol. The van der Waals surface area contributed by atoms with Crippen molar-refractivity contribution >= 4 is 11.7 Å². The molecule has 0 aromatic heterocycles. The number of nitrogens with one attached hydrogen (secondary N) is 1. The molecule has 2 amide bonds. The SMILES string of the molecule is N#CN(C(=O)NOc1ccccc1)c1ccccc1. The molecule has 0 saturated heterocycles. The Bertz CT molecular complexity index is 579. The average molecular weight is 253 g/mol. The van der Waals surface area contributed by atoms with Gasteiger partial charge in [-0.25, -0.2) is 4.79 Å². The van der Waals surface area contributed by atoms with E-state index in [1.54, 1.807) is 60.8 Å². The van der Waals surface area contributed by atoms with Gasteiger partial charge in [-0.3, -0.25) is 0 Å². The zero-order chi connectivity index (χ0) is 13.5. The lowest BCUT2D eigenvalue weighted by Crippen LogP contribution is -2.38. The third kappa shape index (κ3) is 3.23. The molecule has 0 unspecified atom stereocenters. The predicted octanol–water partition coefficient (Wildman–Crippen LogP) is 2.68. The molecule has 1 N–H and O–H groups in total. The van der Waals surface area contributed by atoms with Gasteiger partial charge in [0, 0.05) is 0 Å². The third-order valence-electron chi connectivity index (χ3n) is 2.32. The molecule has 0 aliphatic carbocycles. The van der Waals surface area contributed by atoms with Crippen molar-refractivity contribution in [3.05, 3.63) is 60.7 Å². The molecule has 0 bridgehead atoms. The van der Waals surface area contributed by atoms with Crippen LogP contribution in [0.2, 0.25) is 0 Å². The van der Waals surface area contributed by atoms with Gasteiger partial charge in [0.05, 0.1) is 5.69 Å². The minimum Gasteiger partial charge on any atom is -0.378 e. The number of nitriles is 1. The molecule has 94 valence electrons. The van der Waals surface area contributed by atoms with E-state index in [-0.39, 0.29) is 0 Å². The van der Waals surface area contributed by atoms with E-state index in [0.717, 1.165) is 4.90 Å². The van der Waals surface area contributed by atoms with Crippen LogP contribution < -0.4 is 15.2 Å². The fraction of sp³-hybridized carbons (Fsp3) is 0. The summed E-state index contributed by atoms with van der Waals surface area (Å²) in [5.74, 6) is 0.488. The fourth-order valence-corrected chi connectivity index (χ4v) is 1.43. The number of anilines is 1. The second-order valence-corrected chi connectivity index (χ2v) is 3.59. The number of hydrogen-bond acceptors (Lipinski definition) is 3. The van der Waals surface area contributed by atoms with Gasteiger partial charge in [-0.15, -0.1) is 0 Å². The van der Waals surface area contributed by atoms with Crippen molar-refractivity contribution in [1.29, 1.82) is 5.26 Å². The highest BCUT2D eigenvalue weighted by Crippen LogP contribution is 2.12. The molecule has 2 aromatic rings. The zero-order valence-electron chi connectivity index (χ0n) is 9.98. The topological polar surface area (TPSA) is 65.4 Å². The van der Waals surface area contributed by atoms with Gasteiger partial charge in [0.1, 0.15) is 0 Å². The average Bonchev–Trinajstić information content (AvgIpc) is 2.48. The molecule has 0 fully saturated rings. The summed E-state index contributed by atoms with van der Waals surface area (Å²) >= 11 is 0. The Morgan fingerprint density at radius 3 is 2.21 bits per heavy atom. The standard InChI is InChI=1S/C14H11N3O2/c15-11-17(12-7-3-1-4-8-12)14(18)16-19-13-9-5-2-6-10-13/h1-10H,(H,16,18). The highest BCUT2D eigenvalue weighted by molar-refractivity contribution is 5.94. The number of amides is 2. The molecule has 0 aliphatic heterocycles. The van der Waals surface area contributed by atoms with E-state index in [1.807, 2.05) is 6.07 Å². The molecule has 2 rings (SSSR count). The van der Waals surface area contributed by atoms with Crippen LogP contribution in [0.4, 0.5) is 10.5 Å². The Balaban J connectivity index is 2.01. The number of carbonyl (C=O) groups is 1. The van der Waals surface area contributed by atoms with Crippen molar-refractivity contribution in [3.8, 4) is 11.9 Å². The van der Waals surface area contributed by atoms with Crippen LogP contribution in [-0.2, 0) is 0 Å². The van der Waals surface area contributed by atoms with Crippen molar-refractivity contribution in [3.63, 3.8) is 0 Å². The Morgan fingerprint density at radius 2 is 1.63 bits per heavy atom. The Labute approximate surface area is 110 Å². The molecule has 0 saturated carbocycles. The van der Waals surface area contributed by atoms with Crippen LogP contribution in [0.1, 0.15) is 0 Å². The number of benzene rings is 2. The molecule has 2 aromatic carbocycles. The molecule has 0 radical (unpaired) electrons. The van der Waals surface area contributed by atoms with Crippen LogP contribution in [0, 0.1) is 11.5 Å². The summed E-state index contributed by atoms with van der Waals surface area (Å²) in [6, 6.07) is 16.7. The summed E-state index contributed by atoms with van der Waals surface area (Å²) < 4.78 is 0. The van der Waals surface area contributed by atoms with Crippen LogP contribution in [0.5, 0.6) is 5.75 Å². The first kappa shape index (κ1) is 12.5. The first-order chi connectivity index (χ1) is 9.31. The Morgan fingerprint density at radius 1 is 1.05 bits per heavy atom. The van der Waals surface area contributed by atoms with E-state index >= 15 is 0 Å². The number of carbonyl (C=O) groups excluding carboxylic acids is 1. The van der Waals surface area contributed by atoms with E-state index in [4.69, 9.17) is 10.1 Å². The summed E-state index contributed by atoms with van der Waals surface area (Å²) in [6.45, 7) is 0. The van der Waals surface area contributed by atoms with Gasteiger partial charge in [0.25, 0.3) is 0 Å². The normalized spacial score (nSPS) is 9.21. The minimum atomic E-state index is -0.655. The number of rotatable bonds is 3. The largest absolute Gasteiger partial charge is 0.378 e. The Hall–Kier alpha value is -3.00. The lowest BCUT2D eigenvalue weighted by atomic mass is 10.3. The third-order valence-corrected chi connectivity index (χ3v) is 2.32. The van der Waals surface area contributed by atoms with Gasteiger partial charge < -0.3 is 4.84 Å². The molecule has 0 atom stereocenters. The summed E-state index contributed by atoms with van der Waals surface area (Å²) in [4.78, 5) is 17.8. The fourth-order valence-electron chi connectivity index (χ4n) is 1.43. The second-order valence-electron chi connectivity index (χ2n) is 3.59. The number of hydroxylamine groups is 1. The molecule has 5 heteroatoms. The number of nitrogens with zero attached hydrogens (tertiary/aromatic N) is 2. The quantitative estimate of drug-likeness (QED) is 0.519. The van der Waals surface area contributed by atoms with Crippen molar-refractivity contribution in [2.45, 2.75) is 0 Å². The van der Waals surface area contributed by atoms with Gasteiger partial charge in [-0.05, 0) is 24.3 Å². The van der Waals surface area contributed by atoms with E-state index in [0.29, 0.717) is 11.4 Å². The van der Waals surface area contributed by atoms with E-state index in [9.17, 15) is 4.79 Å². The van der Waals surface area contributed by atoms with Crippen LogP contribution in [0.25, 0.3) is 0 Å². The minimum absolute atomic E-state index is 0.471. The van der Waals surface area contributed by atoms with Crippen LogP contribution in [0.3, 0.4) is 0 Å². The van der Waals surface area contributed by atoms with E-state index in [1.165, 1.54) is 0 Å². The van der Waals surface area contributed by atoms with Crippen molar-refractivity contribution < 1.29 is 9.63 Å². The van der Waals surface area contributed by atoms with Crippen LogP contribution in [-0.4, -0.2) is 6.03 Å². The number of para-hydroxylation sites is 2. The highest BCUT2D eigenvalue weighted by Gasteiger charge is 2.15. The Kier molecular flexibility index (Phi) is 3.98. The first-order valence-electron chi connectivity index (χ1n) is 5.58. The summed E-state index contributed by atoms with van der Waals surface area (Å²) in [5, 5.41) is 9.01. The molecular weight excluding hydrogens is 242 g/mol. The van der Waals surface area contributed by atoms with Gasteiger partial charge in [0.15, 0.2) is 11.9 Å². The van der Waals surface area contributed by atoms with Gasteiger partial charge >= 0.3 is 6.03 Å². The maximum Gasteiger partial charge on any atom is 0.368 e. The van der Waals surface area contributed by atoms with Crippen LogP contribution >= 0.6 is 0 Å². The summed E-state index contributed by atoms with van der Waals surface area (Å²) in [5.41, 5.74) is 2.68. The predicted molar refractivity (Wildman–Crippen MR) is 70.1 cm³/mol. The molecule has 0 aliphatic rings. The molecule has 19 heavy (non-hydrogen) atoms. The molecule has 0 spiro atoms. The van der Waals surface area contributed by atoms with Crippen LogP contribution in [0.15, 0.2) is 60.7 Å². The number of hydrogen-bond donors (Lipinski definition) is 1. The van der Waals surface area contributed by atoms with Crippen molar-refractivity contribution in [2.75, 3.05) is 4.90 Å². The highest BCUT2D eigenvalue weighted by atomic mass is 16.7. The summed E-state index contributed by atoms with van der Waals surface area (Å²) in [7, 11) is 0. The van der Waals surface area contributed by atoms with Gasteiger partial charge in [-0.2, -0.15) is 15.6 Å². The molecule has 5 nitrogen and oxygen atoms in total. The van der Waals surface area contributed by atoms with Gasteiger partial charge in [-0.1, -0.05) is 36.4 Å². The maximum atomic E-state index is 11.8. The smallest absolute Gasteiger partial charge is 0.368 e. The van der Waals surface area contributed by atoms with E-state index < -0.39 is 6.03 Å². The van der Waals surface area contributed by atoms with Crippen molar-refractivity contribution in [1.82, 2.24) is 5.48 Å². The van der Waals surface area contributed by atoms with Gasteiger partial charge in [0.2, 0.25) is 0 Å². The van der Waals surface area contributed by atoms with E-state index in [2.05, 4.69) is 5.48 Å². The summed E-state index contributed by atoms with van der Waals surface area (Å²) in [6.07, 6.45) is 1.80. The maximum absolute atomic E-state index is 11.8. The second kappa shape index (κ2) is 6.07. The number of urea groups is 1. The molecule has 0 heterocycles. The zero-order valence-corrected chi connectivity index (χ0v) is 9.98.